The van der Waals surface area contributed by atoms with Crippen molar-refractivity contribution in [2.24, 2.45) is 0 Å². The van der Waals surface area contributed by atoms with Crippen LogP contribution in [0.1, 0.15) is 5.69 Å². The number of hydrogen-bond acceptors (Lipinski definition) is 4. The van der Waals surface area contributed by atoms with Crippen molar-refractivity contribution in [2.45, 2.75) is 6.92 Å². The molecule has 4 nitrogen and oxygen atoms in total. The maximum Gasteiger partial charge on any atom is 0.235 e. The van der Waals surface area contributed by atoms with Gasteiger partial charge in [-0.05, 0) is 14.0 Å². The molecule has 0 saturated heterocycles. The second-order valence-electron chi connectivity index (χ2n) is 2.40. The smallest absolute Gasteiger partial charge is 0.235 e. The summed E-state index contributed by atoms with van der Waals surface area (Å²) in [4.78, 5) is 8.09. The quantitative estimate of drug-likeness (QED) is 0.659. The van der Waals surface area contributed by atoms with Gasteiger partial charge < -0.3 is 10.1 Å². The van der Waals surface area contributed by atoms with Crippen molar-refractivity contribution in [2.75, 3.05) is 20.2 Å². The Bertz CT molecular complexity index is 239. The molecule has 0 bridgehead atoms. The number of rotatable bonds is 4. The fourth-order valence-electron chi connectivity index (χ4n) is 0.786. The van der Waals surface area contributed by atoms with E-state index < -0.39 is 0 Å². The van der Waals surface area contributed by atoms with Crippen LogP contribution in [0.3, 0.4) is 0 Å². The standard InChI is InChI=1S/C8H13N3O/c1-7-8(11-4-3-10-7)12-6-5-9-2/h3-4,9H,5-6H2,1-2H3. The molecule has 1 aromatic heterocycles. The van der Waals surface area contributed by atoms with Gasteiger partial charge in [-0.25, -0.2) is 4.98 Å². The Morgan fingerprint density at radius 1 is 1.42 bits per heavy atom. The first-order valence-electron chi connectivity index (χ1n) is 3.89. The molecule has 1 heterocycles. The second-order valence-corrected chi connectivity index (χ2v) is 2.40. The van der Waals surface area contributed by atoms with Gasteiger partial charge >= 0.3 is 0 Å². The van der Waals surface area contributed by atoms with Gasteiger partial charge in [-0.2, -0.15) is 0 Å². The summed E-state index contributed by atoms with van der Waals surface area (Å²) in [6.07, 6.45) is 3.28. The SMILES string of the molecule is CNCCOc1nccnc1C. The third-order valence-electron chi connectivity index (χ3n) is 1.43. The minimum atomic E-state index is 0.618. The lowest BCUT2D eigenvalue weighted by atomic mass is 10.5. The van der Waals surface area contributed by atoms with E-state index in [1.807, 2.05) is 14.0 Å². The largest absolute Gasteiger partial charge is 0.475 e. The lowest BCUT2D eigenvalue weighted by molar-refractivity contribution is 0.302. The summed E-state index contributed by atoms with van der Waals surface area (Å²) >= 11 is 0. The zero-order valence-electron chi connectivity index (χ0n) is 7.37. The number of nitrogens with one attached hydrogen (secondary N) is 1. The van der Waals surface area contributed by atoms with Crippen molar-refractivity contribution in [3.05, 3.63) is 18.1 Å². The predicted octanol–water partition coefficient (Wildman–Crippen LogP) is 0.383. The van der Waals surface area contributed by atoms with Gasteiger partial charge in [-0.3, -0.25) is 4.98 Å². The summed E-state index contributed by atoms with van der Waals surface area (Å²) in [6.45, 7) is 3.31. The highest BCUT2D eigenvalue weighted by Gasteiger charge is 1.98. The molecule has 12 heavy (non-hydrogen) atoms. The van der Waals surface area contributed by atoms with Gasteiger partial charge in [0.05, 0.1) is 5.69 Å². The predicted molar refractivity (Wildman–Crippen MR) is 46.2 cm³/mol. The van der Waals surface area contributed by atoms with Crippen LogP contribution in [0, 0.1) is 6.92 Å². The van der Waals surface area contributed by atoms with Crippen LogP contribution in [0.4, 0.5) is 0 Å². The molecule has 0 saturated carbocycles. The number of likely N-dealkylation sites (N-methyl/N-ethyl adjacent to an activating group) is 1. The van der Waals surface area contributed by atoms with Gasteiger partial charge in [0.1, 0.15) is 6.61 Å². The Labute approximate surface area is 72.0 Å². The van der Waals surface area contributed by atoms with E-state index in [1.165, 1.54) is 0 Å². The summed E-state index contributed by atoms with van der Waals surface area (Å²) in [6, 6.07) is 0. The zero-order valence-corrected chi connectivity index (χ0v) is 7.37. The van der Waals surface area contributed by atoms with Crippen LogP contribution >= 0.6 is 0 Å². The Kier molecular flexibility index (Phi) is 3.47. The molecule has 1 N–H and O–H groups in total. The first kappa shape index (κ1) is 8.93. The second kappa shape index (κ2) is 4.66. The molecule has 66 valence electrons. The Balaban J connectivity index is 2.46. The van der Waals surface area contributed by atoms with Crippen molar-refractivity contribution >= 4 is 0 Å². The molecule has 0 unspecified atom stereocenters. The van der Waals surface area contributed by atoms with Crippen LogP contribution in [0.25, 0.3) is 0 Å². The van der Waals surface area contributed by atoms with Crippen molar-refractivity contribution in [1.82, 2.24) is 15.3 Å². The minimum Gasteiger partial charge on any atom is -0.475 e. The van der Waals surface area contributed by atoms with Gasteiger partial charge in [-0.1, -0.05) is 0 Å². The average molecular weight is 167 g/mol. The summed E-state index contributed by atoms with van der Waals surface area (Å²) in [5.74, 6) is 0.618. The third kappa shape index (κ3) is 2.47. The van der Waals surface area contributed by atoms with Gasteiger partial charge in [0.15, 0.2) is 0 Å². The third-order valence-corrected chi connectivity index (χ3v) is 1.43. The van der Waals surface area contributed by atoms with Crippen molar-refractivity contribution < 1.29 is 4.74 Å². The van der Waals surface area contributed by atoms with Crippen LogP contribution in [0.2, 0.25) is 0 Å². The van der Waals surface area contributed by atoms with E-state index in [2.05, 4.69) is 15.3 Å². The van der Waals surface area contributed by atoms with Crippen LogP contribution in [0.15, 0.2) is 12.4 Å². The van der Waals surface area contributed by atoms with E-state index in [0.29, 0.717) is 12.5 Å². The number of aromatic nitrogens is 2. The number of hydrogen-bond donors (Lipinski definition) is 1. The molecule has 0 aliphatic rings. The molecule has 0 spiro atoms. The Morgan fingerprint density at radius 3 is 2.83 bits per heavy atom. The van der Waals surface area contributed by atoms with Crippen molar-refractivity contribution in [1.29, 1.82) is 0 Å². The molecule has 1 rings (SSSR count). The van der Waals surface area contributed by atoms with Crippen LogP contribution < -0.4 is 10.1 Å². The van der Waals surface area contributed by atoms with Crippen molar-refractivity contribution in [3.8, 4) is 5.88 Å². The lowest BCUT2D eigenvalue weighted by Crippen LogP contribution is -2.16. The van der Waals surface area contributed by atoms with E-state index in [9.17, 15) is 0 Å². The van der Waals surface area contributed by atoms with Gasteiger partial charge in [0.2, 0.25) is 5.88 Å². The molecule has 1 aromatic rings. The first-order valence-corrected chi connectivity index (χ1v) is 3.89. The van der Waals surface area contributed by atoms with Gasteiger partial charge in [0.25, 0.3) is 0 Å². The van der Waals surface area contributed by atoms with Gasteiger partial charge in [0, 0.05) is 18.9 Å². The fourth-order valence-corrected chi connectivity index (χ4v) is 0.786. The molecular formula is C8H13N3O. The molecule has 0 aromatic carbocycles. The van der Waals surface area contributed by atoms with Crippen LogP contribution in [0.5, 0.6) is 5.88 Å². The number of ether oxygens (including phenoxy) is 1. The molecule has 0 aliphatic carbocycles. The normalized spacial score (nSPS) is 9.83. The topological polar surface area (TPSA) is 47.0 Å². The minimum absolute atomic E-state index is 0.618. The summed E-state index contributed by atoms with van der Waals surface area (Å²) in [5, 5.41) is 2.98. The molecule has 0 atom stereocenters. The van der Waals surface area contributed by atoms with E-state index in [4.69, 9.17) is 4.74 Å². The number of nitrogens with zero attached hydrogens (tertiary/aromatic N) is 2. The number of aryl methyl sites for hydroxylation is 1. The molecule has 0 aliphatic heterocycles. The van der Waals surface area contributed by atoms with Crippen molar-refractivity contribution in [3.63, 3.8) is 0 Å². The van der Waals surface area contributed by atoms with E-state index in [1.54, 1.807) is 12.4 Å². The summed E-state index contributed by atoms with van der Waals surface area (Å²) < 4.78 is 5.34. The molecule has 0 amide bonds. The molecular weight excluding hydrogens is 154 g/mol. The lowest BCUT2D eigenvalue weighted by Gasteiger charge is -2.05. The average Bonchev–Trinajstić information content (AvgIpc) is 2.09. The Hall–Kier alpha value is -1.16. The zero-order chi connectivity index (χ0) is 8.81. The molecule has 4 heteroatoms. The van der Waals surface area contributed by atoms with E-state index in [0.717, 1.165) is 12.2 Å². The fraction of sp³-hybridized carbons (Fsp3) is 0.500. The van der Waals surface area contributed by atoms with E-state index in [-0.39, 0.29) is 0 Å². The highest BCUT2D eigenvalue weighted by molar-refractivity contribution is 5.14. The molecule has 0 fully saturated rings. The van der Waals surface area contributed by atoms with Gasteiger partial charge in [-0.15, -0.1) is 0 Å². The molecule has 0 radical (unpaired) electrons. The van der Waals surface area contributed by atoms with Crippen LogP contribution in [-0.2, 0) is 0 Å². The highest BCUT2D eigenvalue weighted by atomic mass is 16.5. The monoisotopic (exact) mass is 167 g/mol. The maximum atomic E-state index is 5.34. The Morgan fingerprint density at radius 2 is 2.17 bits per heavy atom. The highest BCUT2D eigenvalue weighted by Crippen LogP contribution is 2.07. The maximum absolute atomic E-state index is 5.34. The van der Waals surface area contributed by atoms with E-state index >= 15 is 0 Å². The summed E-state index contributed by atoms with van der Waals surface area (Å²) in [5.41, 5.74) is 0.827. The first-order chi connectivity index (χ1) is 5.84. The summed E-state index contributed by atoms with van der Waals surface area (Å²) in [7, 11) is 1.88. The van der Waals surface area contributed by atoms with Crippen LogP contribution in [-0.4, -0.2) is 30.2 Å².